The predicted octanol–water partition coefficient (Wildman–Crippen LogP) is 4.04. The Labute approximate surface area is 280 Å². The van der Waals surface area contributed by atoms with E-state index in [0.29, 0.717) is 11.5 Å². The second-order valence-electron chi connectivity index (χ2n) is 10.8. The molecule has 0 saturated carbocycles. The Morgan fingerprint density at radius 2 is 1.02 bits per heavy atom. The summed E-state index contributed by atoms with van der Waals surface area (Å²) < 4.78 is 21.8. The molecule has 0 aliphatic carbocycles. The van der Waals surface area contributed by atoms with Gasteiger partial charge in [0.05, 0.1) is 10.8 Å². The van der Waals surface area contributed by atoms with Crippen LogP contribution in [0.5, 0.6) is 23.0 Å². The van der Waals surface area contributed by atoms with Gasteiger partial charge >= 0.3 is 17.2 Å². The van der Waals surface area contributed by atoms with Crippen molar-refractivity contribution in [3.8, 4) is 23.0 Å². The number of nitrogens with one attached hydrogen (secondary N) is 2. The number of aliphatic carboxylic acids is 1. The summed E-state index contributed by atoms with van der Waals surface area (Å²) in [6, 6.07) is 26.7. The van der Waals surface area contributed by atoms with Gasteiger partial charge in [0, 0.05) is 12.1 Å². The third-order valence-electron chi connectivity index (χ3n) is 7.45. The largest absolute Gasteiger partial charge is 0.506 e. The van der Waals surface area contributed by atoms with Crippen molar-refractivity contribution in [1.29, 1.82) is 0 Å². The number of amides is 2. The van der Waals surface area contributed by atoms with E-state index in [1.165, 1.54) is 36.4 Å². The van der Waals surface area contributed by atoms with Gasteiger partial charge in [-0.25, -0.2) is 14.4 Å². The molecule has 6 rings (SSSR count). The summed E-state index contributed by atoms with van der Waals surface area (Å²) in [5.74, 6) is -5.71. The molecular weight excluding hydrogens is 652 g/mol. The van der Waals surface area contributed by atoms with Gasteiger partial charge in [-0.15, -0.1) is 0 Å². The summed E-state index contributed by atoms with van der Waals surface area (Å²) in [6.07, 6.45) is -2.25. The number of carboxylic acids is 1. The van der Waals surface area contributed by atoms with Crippen molar-refractivity contribution in [2.45, 2.75) is 19.4 Å². The molecule has 2 amide bonds. The topological polar surface area (TPSA) is 215 Å². The van der Waals surface area contributed by atoms with Crippen LogP contribution in [-0.4, -0.2) is 39.3 Å². The van der Waals surface area contributed by atoms with E-state index in [1.807, 2.05) is 71.3 Å². The fraction of sp³-hybridized carbons (Fsp3) is 0.0833. The molecule has 0 fully saturated rings. The minimum Gasteiger partial charge on any atom is -0.506 e. The van der Waals surface area contributed by atoms with Gasteiger partial charge in [0.15, 0.2) is 11.1 Å². The Morgan fingerprint density at radius 1 is 0.620 bits per heavy atom. The molecule has 0 atom stereocenters. The van der Waals surface area contributed by atoms with Crippen LogP contribution in [0.25, 0.3) is 21.9 Å². The molecule has 0 aliphatic heterocycles. The summed E-state index contributed by atoms with van der Waals surface area (Å²) >= 11 is 0. The average molecular weight is 679 g/mol. The zero-order chi connectivity index (χ0) is 35.4. The van der Waals surface area contributed by atoms with Crippen LogP contribution in [0.15, 0.2) is 115 Å². The number of fused-ring (bicyclic) bond motifs is 2. The maximum Gasteiger partial charge on any atom is 0.353 e. The molecule has 0 unspecified atom stereocenters. The summed E-state index contributed by atoms with van der Waals surface area (Å²) in [4.78, 5) is 63.7. The Kier molecular flexibility index (Phi) is 9.16. The van der Waals surface area contributed by atoms with Gasteiger partial charge in [0.25, 0.3) is 11.8 Å². The second-order valence-corrected chi connectivity index (χ2v) is 10.8. The maximum absolute atomic E-state index is 13.1. The van der Waals surface area contributed by atoms with Crippen molar-refractivity contribution in [2.24, 2.45) is 0 Å². The number of hydrogen-bond acceptors (Lipinski definition) is 11. The number of hydrogen-bond donors (Lipinski definition) is 5. The van der Waals surface area contributed by atoms with E-state index in [4.69, 9.17) is 18.3 Å². The normalized spacial score (nSPS) is 11.0. The number of rotatable bonds is 11. The van der Waals surface area contributed by atoms with Crippen molar-refractivity contribution in [3.05, 3.63) is 140 Å². The summed E-state index contributed by atoms with van der Waals surface area (Å²) in [5.41, 5.74) is -3.02. The Morgan fingerprint density at radius 3 is 1.40 bits per heavy atom. The van der Waals surface area contributed by atoms with Gasteiger partial charge in [0.2, 0.25) is 6.17 Å². The van der Waals surface area contributed by atoms with Crippen LogP contribution in [0.2, 0.25) is 0 Å². The quantitative estimate of drug-likeness (QED) is 0.0970. The zero-order valence-electron chi connectivity index (χ0n) is 25.7. The molecular formula is C36H26N2O12. The standard InChI is InChI=1S/C36H26N2O12/c39-29-23-13-11-21(47-17-19-7-3-1-4-8-19)15-25(23)49-35(45)27(29)32(41)37-31(34(43)44)38-33(42)28-30(40)24-14-12-22(16-26(24)50-36(28)46)48-18-20-9-5-2-6-10-20/h1-16,31,39-40H,17-18H2,(H,37,41)(H,38,42)(H,43,44). The van der Waals surface area contributed by atoms with Crippen molar-refractivity contribution < 1.29 is 48.0 Å². The van der Waals surface area contributed by atoms with Gasteiger partial charge in [-0.2, -0.15) is 0 Å². The molecule has 0 saturated heterocycles. The summed E-state index contributed by atoms with van der Waals surface area (Å²) in [6.45, 7) is 0.407. The third-order valence-corrected chi connectivity index (χ3v) is 7.45. The molecule has 0 aliphatic rings. The highest BCUT2D eigenvalue weighted by atomic mass is 16.5. The molecule has 2 aromatic heterocycles. The SMILES string of the molecule is O=C(NC(NC(=O)c1c(O)c2ccc(OCc3ccccc3)cc2oc1=O)C(=O)O)c1c(O)c2ccc(OCc3ccccc3)cc2oc1=O. The van der Waals surface area contributed by atoms with E-state index in [-0.39, 0.29) is 35.2 Å². The lowest BCUT2D eigenvalue weighted by Crippen LogP contribution is -2.53. The fourth-order valence-electron chi connectivity index (χ4n) is 4.96. The average Bonchev–Trinajstić information content (AvgIpc) is 3.10. The van der Waals surface area contributed by atoms with Gasteiger partial charge in [-0.3, -0.25) is 9.59 Å². The van der Waals surface area contributed by atoms with Crippen molar-refractivity contribution in [1.82, 2.24) is 10.6 Å². The number of carbonyl (C=O) groups excluding carboxylic acids is 2. The number of carbonyl (C=O) groups is 3. The van der Waals surface area contributed by atoms with Crippen LogP contribution in [0.3, 0.4) is 0 Å². The van der Waals surface area contributed by atoms with Gasteiger partial charge in [-0.1, -0.05) is 60.7 Å². The lowest BCUT2D eigenvalue weighted by molar-refractivity contribution is -0.139. The molecule has 4 aromatic carbocycles. The highest BCUT2D eigenvalue weighted by Gasteiger charge is 2.30. The van der Waals surface area contributed by atoms with Crippen molar-refractivity contribution >= 4 is 39.7 Å². The van der Waals surface area contributed by atoms with Gasteiger partial charge in [-0.05, 0) is 35.4 Å². The van der Waals surface area contributed by atoms with E-state index in [2.05, 4.69) is 0 Å². The van der Waals surface area contributed by atoms with Crippen LogP contribution in [0.4, 0.5) is 0 Å². The minimum absolute atomic E-state index is 0.0648. The summed E-state index contributed by atoms with van der Waals surface area (Å²) in [7, 11) is 0. The van der Waals surface area contributed by atoms with Crippen LogP contribution < -0.4 is 31.4 Å². The Bertz CT molecular complexity index is 2210. The molecule has 6 aromatic rings. The Balaban J connectivity index is 1.18. The lowest BCUT2D eigenvalue weighted by Gasteiger charge is -2.17. The molecule has 0 spiro atoms. The van der Waals surface area contributed by atoms with Gasteiger partial charge in [0.1, 0.15) is 47.4 Å². The first kappa shape index (κ1) is 32.8. The Hall–Kier alpha value is -7.09. The number of carboxylic acid groups (broad SMARTS) is 1. The van der Waals surface area contributed by atoms with E-state index in [1.54, 1.807) is 0 Å². The molecule has 14 nitrogen and oxygen atoms in total. The van der Waals surface area contributed by atoms with E-state index in [0.717, 1.165) is 11.1 Å². The zero-order valence-corrected chi connectivity index (χ0v) is 25.7. The van der Waals surface area contributed by atoms with Crippen LogP contribution >= 0.6 is 0 Å². The van der Waals surface area contributed by atoms with Crippen molar-refractivity contribution in [2.75, 3.05) is 0 Å². The monoisotopic (exact) mass is 678 g/mol. The van der Waals surface area contributed by atoms with Gasteiger partial charge < -0.3 is 44.3 Å². The number of aromatic hydroxyl groups is 2. The predicted molar refractivity (Wildman–Crippen MR) is 176 cm³/mol. The number of ether oxygens (including phenoxy) is 2. The van der Waals surface area contributed by atoms with E-state index < -0.39 is 57.8 Å². The first-order chi connectivity index (χ1) is 24.1. The second kappa shape index (κ2) is 13.9. The van der Waals surface area contributed by atoms with Crippen molar-refractivity contribution in [3.63, 3.8) is 0 Å². The maximum atomic E-state index is 13.1. The molecule has 5 N–H and O–H groups in total. The van der Waals surface area contributed by atoms with E-state index >= 15 is 0 Å². The minimum atomic E-state index is -2.25. The molecule has 0 bridgehead atoms. The third kappa shape index (κ3) is 6.94. The van der Waals surface area contributed by atoms with Crippen LogP contribution in [0.1, 0.15) is 31.8 Å². The number of benzene rings is 4. The fourth-order valence-corrected chi connectivity index (χ4v) is 4.96. The lowest BCUT2D eigenvalue weighted by atomic mass is 10.1. The molecule has 50 heavy (non-hydrogen) atoms. The first-order valence-electron chi connectivity index (χ1n) is 14.9. The van der Waals surface area contributed by atoms with Crippen LogP contribution in [0, 0.1) is 0 Å². The molecule has 14 heteroatoms. The first-order valence-corrected chi connectivity index (χ1v) is 14.9. The summed E-state index contributed by atoms with van der Waals surface area (Å²) in [5, 5.41) is 35.0. The van der Waals surface area contributed by atoms with E-state index in [9.17, 15) is 39.3 Å². The molecule has 2 heterocycles. The highest BCUT2D eigenvalue weighted by molar-refractivity contribution is 6.05. The van der Waals surface area contributed by atoms with Crippen LogP contribution in [-0.2, 0) is 18.0 Å². The molecule has 252 valence electrons. The highest BCUT2D eigenvalue weighted by Crippen LogP contribution is 2.31. The smallest absolute Gasteiger partial charge is 0.353 e. The molecule has 0 radical (unpaired) electrons.